The summed E-state index contributed by atoms with van der Waals surface area (Å²) in [6.45, 7) is 2.59. The number of hydrazone groups is 1. The summed E-state index contributed by atoms with van der Waals surface area (Å²) in [6, 6.07) is 11.6. The van der Waals surface area contributed by atoms with E-state index >= 15 is 0 Å². The van der Waals surface area contributed by atoms with E-state index in [2.05, 4.69) is 25.8 Å². The van der Waals surface area contributed by atoms with Crippen molar-refractivity contribution in [2.45, 2.75) is 13.3 Å². The monoisotopic (exact) mass is 299 g/mol. The minimum Gasteiger partial charge on any atom is -0.361 e. The van der Waals surface area contributed by atoms with Gasteiger partial charge in [0.2, 0.25) is 0 Å². The van der Waals surface area contributed by atoms with E-state index < -0.39 is 0 Å². The van der Waals surface area contributed by atoms with Gasteiger partial charge >= 0.3 is 0 Å². The summed E-state index contributed by atoms with van der Waals surface area (Å²) in [4.78, 5) is 8.47. The minimum atomic E-state index is 0.487. The maximum absolute atomic E-state index is 5.17. The summed E-state index contributed by atoms with van der Waals surface area (Å²) in [6.07, 6.45) is 4.33. The van der Waals surface area contributed by atoms with E-state index in [1.165, 1.54) is 0 Å². The number of nitrogens with zero attached hydrogens (tertiary/aromatic N) is 3. The third-order valence-corrected chi connectivity index (χ3v) is 2.99. The Morgan fingerprint density at radius 3 is 2.57 bits per heavy atom. The first kappa shape index (κ1) is 15.1. The lowest BCUT2D eigenvalue weighted by atomic mass is 10.3. The van der Waals surface area contributed by atoms with E-state index in [4.69, 9.17) is 12.2 Å². The number of hydrogen-bond acceptors (Lipinski definition) is 4. The third-order valence-electron chi connectivity index (χ3n) is 2.75. The molecule has 0 radical (unpaired) electrons. The maximum Gasteiger partial charge on any atom is 0.186 e. The molecule has 0 bridgehead atoms. The number of nitrogens with one attached hydrogen (secondary N) is 2. The van der Waals surface area contributed by atoms with Crippen LogP contribution in [0.3, 0.4) is 0 Å². The number of rotatable bonds is 5. The van der Waals surface area contributed by atoms with E-state index in [-0.39, 0.29) is 0 Å². The van der Waals surface area contributed by atoms with Crippen molar-refractivity contribution in [3.05, 3.63) is 60.2 Å². The first-order valence-corrected chi connectivity index (χ1v) is 7.06. The molecule has 0 aliphatic heterocycles. The van der Waals surface area contributed by atoms with Gasteiger partial charge in [-0.25, -0.2) is 0 Å². The summed E-state index contributed by atoms with van der Waals surface area (Å²) < 4.78 is 0. The van der Waals surface area contributed by atoms with Crippen molar-refractivity contribution in [1.29, 1.82) is 0 Å². The van der Waals surface area contributed by atoms with Crippen molar-refractivity contribution in [3.8, 4) is 0 Å². The lowest BCUT2D eigenvalue weighted by Crippen LogP contribution is -2.34. The highest BCUT2D eigenvalue weighted by molar-refractivity contribution is 7.80. The molecule has 0 aliphatic carbocycles. The van der Waals surface area contributed by atoms with Crippen LogP contribution in [-0.2, 0) is 6.42 Å². The maximum atomic E-state index is 5.17. The summed E-state index contributed by atoms with van der Waals surface area (Å²) in [5, 5.41) is 7.78. The molecule has 21 heavy (non-hydrogen) atoms. The standard InChI is InChI=1S/C15H17N5S/c1-12(14-7-3-5-10-17-14)19-20-15(21)18-11-8-13-6-2-4-9-16-13/h2-7,9-10H,8,11H2,1H3,(H2,18,20,21)/b19-12-. The topological polar surface area (TPSA) is 62.2 Å². The minimum absolute atomic E-state index is 0.487. The quantitative estimate of drug-likeness (QED) is 0.502. The van der Waals surface area contributed by atoms with Crippen molar-refractivity contribution in [2.24, 2.45) is 5.10 Å². The summed E-state index contributed by atoms with van der Waals surface area (Å²) >= 11 is 5.17. The summed E-state index contributed by atoms with van der Waals surface area (Å²) in [5.41, 5.74) is 5.45. The normalized spacial score (nSPS) is 11.0. The van der Waals surface area contributed by atoms with Crippen LogP contribution in [0.4, 0.5) is 0 Å². The van der Waals surface area contributed by atoms with Gasteiger partial charge in [0.05, 0.1) is 11.4 Å². The first-order valence-electron chi connectivity index (χ1n) is 6.65. The molecule has 0 aliphatic rings. The largest absolute Gasteiger partial charge is 0.361 e. The van der Waals surface area contributed by atoms with E-state index in [1.807, 2.05) is 43.3 Å². The molecule has 2 heterocycles. The molecule has 0 unspecified atom stereocenters. The highest BCUT2D eigenvalue weighted by atomic mass is 32.1. The average molecular weight is 299 g/mol. The highest BCUT2D eigenvalue weighted by Crippen LogP contribution is 1.95. The van der Waals surface area contributed by atoms with Crippen LogP contribution in [0.1, 0.15) is 18.3 Å². The highest BCUT2D eigenvalue weighted by Gasteiger charge is 1.99. The van der Waals surface area contributed by atoms with Gasteiger partial charge in [0.1, 0.15) is 0 Å². The molecule has 108 valence electrons. The Balaban J connectivity index is 1.75. The van der Waals surface area contributed by atoms with Crippen molar-refractivity contribution in [2.75, 3.05) is 6.54 Å². The molecular weight excluding hydrogens is 282 g/mol. The number of aromatic nitrogens is 2. The van der Waals surface area contributed by atoms with Gasteiger partial charge in [0.25, 0.3) is 0 Å². The number of hydrogen-bond donors (Lipinski definition) is 2. The molecule has 0 fully saturated rings. The van der Waals surface area contributed by atoms with E-state index in [1.54, 1.807) is 12.4 Å². The third kappa shape index (κ3) is 5.27. The number of pyridine rings is 2. The van der Waals surface area contributed by atoms with Gasteiger partial charge in [-0.3, -0.25) is 15.4 Å². The van der Waals surface area contributed by atoms with Gasteiger partial charge in [-0.05, 0) is 43.4 Å². The Morgan fingerprint density at radius 1 is 1.14 bits per heavy atom. The molecule has 0 atom stereocenters. The fraction of sp³-hybridized carbons (Fsp3) is 0.200. The van der Waals surface area contributed by atoms with Crippen LogP contribution in [0.5, 0.6) is 0 Å². The molecule has 0 spiro atoms. The zero-order chi connectivity index (χ0) is 14.9. The van der Waals surface area contributed by atoms with Crippen molar-refractivity contribution < 1.29 is 0 Å². The Bertz CT molecular complexity index is 598. The fourth-order valence-electron chi connectivity index (χ4n) is 1.66. The van der Waals surface area contributed by atoms with Crippen molar-refractivity contribution in [3.63, 3.8) is 0 Å². The second-order valence-corrected chi connectivity index (χ2v) is 4.76. The van der Waals surface area contributed by atoms with Gasteiger partial charge in [-0.2, -0.15) is 5.10 Å². The van der Waals surface area contributed by atoms with Crippen LogP contribution in [0.2, 0.25) is 0 Å². The zero-order valence-electron chi connectivity index (χ0n) is 11.8. The van der Waals surface area contributed by atoms with Gasteiger partial charge in [0, 0.05) is 31.1 Å². The predicted octanol–water partition coefficient (Wildman–Crippen LogP) is 1.91. The zero-order valence-corrected chi connectivity index (χ0v) is 12.6. The summed E-state index contributed by atoms with van der Waals surface area (Å²) in [5.74, 6) is 0. The molecular formula is C15H17N5S. The Labute approximate surface area is 129 Å². The number of thiocarbonyl (C=S) groups is 1. The molecule has 2 aromatic heterocycles. The lowest BCUT2D eigenvalue weighted by molar-refractivity contribution is 0.818. The molecule has 0 saturated carbocycles. The van der Waals surface area contributed by atoms with Crippen LogP contribution in [0.25, 0.3) is 0 Å². The molecule has 0 amide bonds. The van der Waals surface area contributed by atoms with Crippen LogP contribution in [0, 0.1) is 0 Å². The molecule has 2 N–H and O–H groups in total. The van der Waals surface area contributed by atoms with Crippen molar-refractivity contribution >= 4 is 23.0 Å². The molecule has 0 aromatic carbocycles. The average Bonchev–Trinajstić information content (AvgIpc) is 2.54. The van der Waals surface area contributed by atoms with E-state index in [0.29, 0.717) is 11.7 Å². The molecule has 0 saturated heterocycles. The Morgan fingerprint density at radius 2 is 1.90 bits per heavy atom. The molecule has 2 rings (SSSR count). The van der Waals surface area contributed by atoms with Gasteiger partial charge in [0.15, 0.2) is 5.11 Å². The first-order chi connectivity index (χ1) is 10.3. The molecule has 2 aromatic rings. The lowest BCUT2D eigenvalue weighted by Gasteiger charge is -2.07. The van der Waals surface area contributed by atoms with Crippen LogP contribution in [-0.4, -0.2) is 27.3 Å². The fourth-order valence-corrected chi connectivity index (χ4v) is 1.81. The van der Waals surface area contributed by atoms with E-state index in [9.17, 15) is 0 Å². The predicted molar refractivity (Wildman–Crippen MR) is 88.1 cm³/mol. The van der Waals surface area contributed by atoms with Crippen molar-refractivity contribution in [1.82, 2.24) is 20.7 Å². The second kappa shape index (κ2) is 8.06. The molecule has 6 heteroatoms. The molecule has 5 nitrogen and oxygen atoms in total. The van der Waals surface area contributed by atoms with Crippen LogP contribution >= 0.6 is 12.2 Å². The van der Waals surface area contributed by atoms with Gasteiger partial charge < -0.3 is 5.32 Å². The Kier molecular flexibility index (Phi) is 5.78. The van der Waals surface area contributed by atoms with Gasteiger partial charge in [-0.15, -0.1) is 0 Å². The summed E-state index contributed by atoms with van der Waals surface area (Å²) in [7, 11) is 0. The second-order valence-electron chi connectivity index (χ2n) is 4.35. The van der Waals surface area contributed by atoms with Gasteiger partial charge in [-0.1, -0.05) is 12.1 Å². The van der Waals surface area contributed by atoms with Crippen LogP contribution in [0.15, 0.2) is 53.9 Å². The van der Waals surface area contributed by atoms with E-state index in [0.717, 1.165) is 23.5 Å². The SMILES string of the molecule is C/C(=N/NC(=S)NCCc1ccccn1)c1ccccn1. The Hall–Kier alpha value is -2.34. The smallest absolute Gasteiger partial charge is 0.186 e. The van der Waals surface area contributed by atoms with Crippen LogP contribution < -0.4 is 10.7 Å².